The van der Waals surface area contributed by atoms with E-state index in [4.69, 9.17) is 9.26 Å². The molecule has 5 nitrogen and oxygen atoms in total. The second-order valence-electron chi connectivity index (χ2n) is 7.44. The summed E-state index contributed by atoms with van der Waals surface area (Å²) in [5, 5.41) is 7.05. The van der Waals surface area contributed by atoms with Crippen LogP contribution >= 0.6 is 11.8 Å². The summed E-state index contributed by atoms with van der Waals surface area (Å²) in [4.78, 5) is 13.7. The number of aryl methyl sites for hydroxylation is 2. The minimum atomic E-state index is -0.0543. The zero-order valence-electron chi connectivity index (χ0n) is 18.4. The van der Waals surface area contributed by atoms with Crippen molar-refractivity contribution in [2.45, 2.75) is 50.7 Å². The van der Waals surface area contributed by atoms with Crippen LogP contribution in [0.2, 0.25) is 0 Å². The molecule has 0 aliphatic rings. The molecule has 0 atom stereocenters. The molecule has 0 aliphatic carbocycles. The number of thioether (sulfide) groups is 1. The van der Waals surface area contributed by atoms with Crippen LogP contribution in [0.4, 0.5) is 0 Å². The Bertz CT molecular complexity index is 963. The molecular formula is C25H30N2O3S. The van der Waals surface area contributed by atoms with E-state index in [0.717, 1.165) is 59.3 Å². The number of carbonyl (C=O) groups excluding carboxylic acids is 1. The lowest BCUT2D eigenvalue weighted by Gasteiger charge is -2.10. The molecule has 31 heavy (non-hydrogen) atoms. The molecule has 0 unspecified atom stereocenters. The highest BCUT2D eigenvalue weighted by atomic mass is 32.2. The van der Waals surface area contributed by atoms with Gasteiger partial charge in [-0.3, -0.25) is 4.79 Å². The van der Waals surface area contributed by atoms with Crippen molar-refractivity contribution in [2.75, 3.05) is 13.2 Å². The summed E-state index contributed by atoms with van der Waals surface area (Å²) in [6.45, 7) is 7.33. The Labute approximate surface area is 188 Å². The van der Waals surface area contributed by atoms with E-state index in [0.29, 0.717) is 12.1 Å². The van der Waals surface area contributed by atoms with E-state index < -0.39 is 0 Å². The van der Waals surface area contributed by atoms with Gasteiger partial charge in [-0.05, 0) is 56.5 Å². The first-order valence-corrected chi connectivity index (χ1v) is 11.7. The zero-order chi connectivity index (χ0) is 22.1. The molecule has 0 radical (unpaired) electrons. The van der Waals surface area contributed by atoms with E-state index in [1.807, 2.05) is 50.2 Å². The van der Waals surface area contributed by atoms with Gasteiger partial charge in [0.05, 0.1) is 17.9 Å². The molecule has 6 heteroatoms. The molecule has 3 aromatic rings. The molecular weight excluding hydrogens is 408 g/mol. The van der Waals surface area contributed by atoms with Crippen molar-refractivity contribution in [3.63, 3.8) is 0 Å². The van der Waals surface area contributed by atoms with Crippen molar-refractivity contribution in [1.29, 1.82) is 0 Å². The van der Waals surface area contributed by atoms with Gasteiger partial charge in [0.15, 0.2) is 0 Å². The van der Waals surface area contributed by atoms with Crippen LogP contribution in [0.25, 0.3) is 0 Å². The first kappa shape index (κ1) is 22.9. The number of amides is 1. The van der Waals surface area contributed by atoms with Crippen LogP contribution in [0.1, 0.15) is 52.7 Å². The molecule has 0 fully saturated rings. The summed E-state index contributed by atoms with van der Waals surface area (Å²) in [7, 11) is 0. The van der Waals surface area contributed by atoms with Crippen LogP contribution in [0, 0.1) is 13.8 Å². The minimum absolute atomic E-state index is 0.0543. The van der Waals surface area contributed by atoms with Gasteiger partial charge >= 0.3 is 0 Å². The number of nitrogens with zero attached hydrogens (tertiary/aromatic N) is 1. The third-order valence-electron chi connectivity index (χ3n) is 5.07. The van der Waals surface area contributed by atoms with Crippen LogP contribution in [0.15, 0.2) is 57.9 Å². The monoisotopic (exact) mass is 438 g/mol. The highest BCUT2D eigenvalue weighted by Gasteiger charge is 2.14. The van der Waals surface area contributed by atoms with Gasteiger partial charge in [-0.2, -0.15) is 0 Å². The van der Waals surface area contributed by atoms with Crippen LogP contribution in [0.5, 0.6) is 5.75 Å². The molecule has 1 amide bonds. The quantitative estimate of drug-likeness (QED) is 0.306. The number of rotatable bonds is 11. The van der Waals surface area contributed by atoms with Gasteiger partial charge in [-0.25, -0.2) is 0 Å². The summed E-state index contributed by atoms with van der Waals surface area (Å²) in [5.41, 5.74) is 3.85. The van der Waals surface area contributed by atoms with Crippen LogP contribution in [0.3, 0.4) is 0 Å². The summed E-state index contributed by atoms with van der Waals surface area (Å²) >= 11 is 1.63. The van der Waals surface area contributed by atoms with Gasteiger partial charge < -0.3 is 14.6 Å². The summed E-state index contributed by atoms with van der Waals surface area (Å²) in [6.07, 6.45) is 2.96. The highest BCUT2D eigenvalue weighted by Crippen LogP contribution is 2.28. The van der Waals surface area contributed by atoms with Gasteiger partial charge in [0, 0.05) is 22.8 Å². The van der Waals surface area contributed by atoms with Crippen molar-refractivity contribution < 1.29 is 14.1 Å². The molecule has 0 saturated heterocycles. The number of hydrogen-bond acceptors (Lipinski definition) is 5. The van der Waals surface area contributed by atoms with Crippen LogP contribution in [-0.4, -0.2) is 24.2 Å². The highest BCUT2D eigenvalue weighted by molar-refractivity contribution is 7.98. The Balaban J connectivity index is 1.51. The summed E-state index contributed by atoms with van der Waals surface area (Å²) < 4.78 is 10.9. The van der Waals surface area contributed by atoms with Crippen molar-refractivity contribution >= 4 is 17.7 Å². The molecule has 1 aromatic heterocycles. The fraction of sp³-hybridized carbons (Fsp3) is 0.360. The number of carbonyl (C=O) groups is 1. The Morgan fingerprint density at radius 2 is 1.90 bits per heavy atom. The number of nitrogens with one attached hydrogen (secondary N) is 1. The van der Waals surface area contributed by atoms with Crippen molar-refractivity contribution in [3.8, 4) is 5.75 Å². The standard InChI is InChI=1S/C25H30N2O3S/c1-4-5-16-29-21-12-10-20(11-13-21)14-15-26-25(28)22-8-6-7-9-24(22)31-17-23-18(2)27-30-19(23)3/h6-13H,4-5,14-17H2,1-3H3,(H,26,28). The number of hydrogen-bond donors (Lipinski definition) is 1. The molecule has 0 spiro atoms. The van der Waals surface area contributed by atoms with E-state index in [-0.39, 0.29) is 5.91 Å². The molecule has 0 aliphatic heterocycles. The van der Waals surface area contributed by atoms with E-state index >= 15 is 0 Å². The number of aromatic nitrogens is 1. The average Bonchev–Trinajstić information content (AvgIpc) is 3.11. The average molecular weight is 439 g/mol. The maximum atomic E-state index is 12.8. The Morgan fingerprint density at radius 3 is 2.61 bits per heavy atom. The van der Waals surface area contributed by atoms with Gasteiger partial charge in [0.25, 0.3) is 5.91 Å². The minimum Gasteiger partial charge on any atom is -0.494 e. The number of ether oxygens (including phenoxy) is 1. The summed E-state index contributed by atoms with van der Waals surface area (Å²) in [5.74, 6) is 2.39. The normalized spacial score (nSPS) is 10.8. The maximum Gasteiger partial charge on any atom is 0.252 e. The second-order valence-corrected chi connectivity index (χ2v) is 8.46. The lowest BCUT2D eigenvalue weighted by molar-refractivity contribution is 0.0951. The predicted molar refractivity (Wildman–Crippen MR) is 125 cm³/mol. The topological polar surface area (TPSA) is 64.4 Å². The molecule has 1 heterocycles. The van der Waals surface area contributed by atoms with Gasteiger partial charge in [-0.15, -0.1) is 11.8 Å². The first-order chi connectivity index (χ1) is 15.1. The van der Waals surface area contributed by atoms with E-state index in [2.05, 4.69) is 29.5 Å². The lowest BCUT2D eigenvalue weighted by atomic mass is 10.1. The van der Waals surface area contributed by atoms with E-state index in [1.54, 1.807) is 11.8 Å². The Hall–Kier alpha value is -2.73. The molecule has 2 aromatic carbocycles. The predicted octanol–water partition coefficient (Wildman–Crippen LogP) is 5.74. The third kappa shape index (κ3) is 6.62. The van der Waals surface area contributed by atoms with Gasteiger partial charge in [0.1, 0.15) is 11.5 Å². The fourth-order valence-electron chi connectivity index (χ4n) is 3.14. The number of benzene rings is 2. The molecule has 3 rings (SSSR count). The lowest BCUT2D eigenvalue weighted by Crippen LogP contribution is -2.26. The van der Waals surface area contributed by atoms with Crippen LogP contribution < -0.4 is 10.1 Å². The van der Waals surface area contributed by atoms with Crippen LogP contribution in [-0.2, 0) is 12.2 Å². The first-order valence-electron chi connectivity index (χ1n) is 10.7. The summed E-state index contributed by atoms with van der Waals surface area (Å²) in [6, 6.07) is 15.8. The molecule has 164 valence electrons. The van der Waals surface area contributed by atoms with Crippen molar-refractivity contribution in [2.24, 2.45) is 0 Å². The third-order valence-corrected chi connectivity index (χ3v) is 6.17. The van der Waals surface area contributed by atoms with Crippen molar-refractivity contribution in [3.05, 3.63) is 76.7 Å². The van der Waals surface area contributed by atoms with Gasteiger partial charge in [0.2, 0.25) is 0 Å². The Kier molecular flexibility index (Phi) is 8.59. The fourth-order valence-corrected chi connectivity index (χ4v) is 4.34. The molecule has 1 N–H and O–H groups in total. The SMILES string of the molecule is CCCCOc1ccc(CCNC(=O)c2ccccc2SCc2c(C)noc2C)cc1. The molecule has 0 saturated carbocycles. The number of unbranched alkanes of at least 4 members (excludes halogenated alkanes) is 1. The smallest absolute Gasteiger partial charge is 0.252 e. The zero-order valence-corrected chi connectivity index (χ0v) is 19.3. The second kappa shape index (κ2) is 11.6. The van der Waals surface area contributed by atoms with Gasteiger partial charge in [-0.1, -0.05) is 42.8 Å². The Morgan fingerprint density at radius 1 is 1.13 bits per heavy atom. The molecule has 0 bridgehead atoms. The van der Waals surface area contributed by atoms with E-state index in [1.165, 1.54) is 5.56 Å². The maximum absolute atomic E-state index is 12.8. The largest absolute Gasteiger partial charge is 0.494 e. The van der Waals surface area contributed by atoms with E-state index in [9.17, 15) is 4.79 Å². The van der Waals surface area contributed by atoms with Crippen molar-refractivity contribution in [1.82, 2.24) is 10.5 Å².